The molecule has 0 aromatic heterocycles. The summed E-state index contributed by atoms with van der Waals surface area (Å²) in [6.07, 6.45) is -0.203. The van der Waals surface area contributed by atoms with Gasteiger partial charge in [-0.25, -0.2) is 0 Å². The molecule has 2 N–H and O–H groups in total. The van der Waals surface area contributed by atoms with Gasteiger partial charge in [-0.05, 0) is 5.46 Å². The molecule has 2 aromatic carbocycles. The molecule has 0 saturated carbocycles. The van der Waals surface area contributed by atoms with Crippen molar-refractivity contribution in [3.05, 3.63) is 65.7 Å². The van der Waals surface area contributed by atoms with Crippen LogP contribution in [0.5, 0.6) is 0 Å². The summed E-state index contributed by atoms with van der Waals surface area (Å²) in [6, 6.07) is 14.5. The molecule has 5 heteroatoms. The third-order valence-corrected chi connectivity index (χ3v) is 2.95. The monoisotopic (exact) mass is 268 g/mol. The van der Waals surface area contributed by atoms with Gasteiger partial charge in [0.2, 0.25) is 0 Å². The van der Waals surface area contributed by atoms with Crippen molar-refractivity contribution in [2.24, 2.45) is 0 Å². The summed E-state index contributed by atoms with van der Waals surface area (Å²) in [5.41, 5.74) is 1.18. The number of benzene rings is 2. The Labute approximate surface area is 116 Å². The second-order valence-electron chi connectivity index (χ2n) is 4.38. The van der Waals surface area contributed by atoms with Gasteiger partial charge in [0.25, 0.3) is 0 Å². The van der Waals surface area contributed by atoms with E-state index in [1.165, 1.54) is 24.3 Å². The second-order valence-corrected chi connectivity index (χ2v) is 4.38. The zero-order valence-electron chi connectivity index (χ0n) is 10.7. The van der Waals surface area contributed by atoms with Crippen LogP contribution in [0, 0.1) is 0 Å². The van der Waals surface area contributed by atoms with Gasteiger partial charge < -0.3 is 10.0 Å². The molecule has 0 saturated heterocycles. The minimum atomic E-state index is -1.56. The highest BCUT2D eigenvalue weighted by molar-refractivity contribution is 6.58. The van der Waals surface area contributed by atoms with Crippen LogP contribution in [0.4, 0.5) is 0 Å². The molecule has 2 aromatic rings. The van der Waals surface area contributed by atoms with Gasteiger partial charge in [0.1, 0.15) is 0 Å². The Hall–Kier alpha value is -2.24. The smallest absolute Gasteiger partial charge is 0.423 e. The molecule has 0 spiro atoms. The Balaban J connectivity index is 2.07. The summed E-state index contributed by atoms with van der Waals surface area (Å²) in [7, 11) is -1.56. The summed E-state index contributed by atoms with van der Waals surface area (Å²) >= 11 is 0. The van der Waals surface area contributed by atoms with E-state index in [1.807, 2.05) is 0 Å². The fourth-order valence-corrected chi connectivity index (χ4v) is 1.82. The van der Waals surface area contributed by atoms with Crippen LogP contribution in [-0.4, -0.2) is 28.7 Å². The zero-order valence-corrected chi connectivity index (χ0v) is 10.7. The van der Waals surface area contributed by atoms with E-state index in [1.54, 1.807) is 30.3 Å². The molecular weight excluding hydrogens is 255 g/mol. The van der Waals surface area contributed by atoms with E-state index in [2.05, 4.69) is 0 Å². The molecule has 0 radical (unpaired) electrons. The third-order valence-electron chi connectivity index (χ3n) is 2.95. The molecule has 0 atom stereocenters. The van der Waals surface area contributed by atoms with Crippen molar-refractivity contribution in [3.63, 3.8) is 0 Å². The Morgan fingerprint density at radius 3 is 1.80 bits per heavy atom. The number of hydrogen-bond donors (Lipinski definition) is 2. The van der Waals surface area contributed by atoms with Crippen molar-refractivity contribution in [1.29, 1.82) is 0 Å². The lowest BCUT2D eigenvalue weighted by Gasteiger charge is -2.03. The third kappa shape index (κ3) is 3.41. The van der Waals surface area contributed by atoms with Crippen LogP contribution in [-0.2, 0) is 0 Å². The quantitative estimate of drug-likeness (QED) is 0.478. The van der Waals surface area contributed by atoms with Crippen LogP contribution in [0.3, 0.4) is 0 Å². The van der Waals surface area contributed by atoms with E-state index in [9.17, 15) is 9.59 Å². The molecule has 0 heterocycles. The highest BCUT2D eigenvalue weighted by Crippen LogP contribution is 2.08. The topological polar surface area (TPSA) is 74.6 Å². The summed E-state index contributed by atoms with van der Waals surface area (Å²) < 4.78 is 0. The minimum Gasteiger partial charge on any atom is -0.423 e. The van der Waals surface area contributed by atoms with Crippen molar-refractivity contribution in [2.75, 3.05) is 0 Å². The maximum absolute atomic E-state index is 12.0. The van der Waals surface area contributed by atoms with Crippen LogP contribution in [0.1, 0.15) is 27.1 Å². The fourth-order valence-electron chi connectivity index (χ4n) is 1.82. The van der Waals surface area contributed by atoms with Crippen molar-refractivity contribution < 1.29 is 19.6 Å². The first-order chi connectivity index (χ1) is 9.58. The standard InChI is InChI=1S/C15H13BO4/c17-14(11-4-2-1-3-5-11)10-15(18)12-6-8-13(9-7-12)16(19)20/h1-9,19-20H,10H2. The summed E-state index contributed by atoms with van der Waals surface area (Å²) in [5.74, 6) is -0.528. The van der Waals surface area contributed by atoms with Gasteiger partial charge in [0, 0.05) is 11.1 Å². The van der Waals surface area contributed by atoms with Crippen molar-refractivity contribution in [1.82, 2.24) is 0 Å². The van der Waals surface area contributed by atoms with E-state index in [-0.39, 0.29) is 18.0 Å². The first-order valence-corrected chi connectivity index (χ1v) is 6.15. The van der Waals surface area contributed by atoms with Crippen LogP contribution < -0.4 is 5.46 Å². The fraction of sp³-hybridized carbons (Fsp3) is 0.0667. The normalized spacial score (nSPS) is 10.1. The number of ketones is 2. The molecule has 100 valence electrons. The first kappa shape index (κ1) is 14.2. The molecule has 0 aliphatic heterocycles. The molecule has 0 aliphatic carbocycles. The van der Waals surface area contributed by atoms with Gasteiger partial charge in [0.15, 0.2) is 11.6 Å². The predicted molar refractivity (Wildman–Crippen MR) is 76.0 cm³/mol. The van der Waals surface area contributed by atoms with Crippen LogP contribution in [0.25, 0.3) is 0 Å². The SMILES string of the molecule is O=C(CC(=O)c1ccc(B(O)O)cc1)c1ccccc1. The number of hydrogen-bond acceptors (Lipinski definition) is 4. The first-order valence-electron chi connectivity index (χ1n) is 6.15. The minimum absolute atomic E-state index is 0.203. The van der Waals surface area contributed by atoms with Gasteiger partial charge >= 0.3 is 7.12 Å². The molecule has 4 nitrogen and oxygen atoms in total. The molecule has 0 bridgehead atoms. The van der Waals surface area contributed by atoms with E-state index in [4.69, 9.17) is 10.0 Å². The van der Waals surface area contributed by atoms with Crippen molar-refractivity contribution >= 4 is 24.1 Å². The summed E-state index contributed by atoms with van der Waals surface area (Å²) in [4.78, 5) is 23.9. The largest absolute Gasteiger partial charge is 0.488 e. The lowest BCUT2D eigenvalue weighted by Crippen LogP contribution is -2.29. The van der Waals surface area contributed by atoms with Gasteiger partial charge in [-0.1, -0.05) is 54.6 Å². The molecule has 0 aliphatic rings. The number of rotatable bonds is 5. The van der Waals surface area contributed by atoms with Gasteiger partial charge in [-0.15, -0.1) is 0 Å². The Kier molecular flexibility index (Phi) is 4.45. The second kappa shape index (κ2) is 6.28. The molecule has 0 amide bonds. The van der Waals surface area contributed by atoms with Crippen LogP contribution in [0.15, 0.2) is 54.6 Å². The van der Waals surface area contributed by atoms with Gasteiger partial charge in [-0.3, -0.25) is 9.59 Å². The van der Waals surface area contributed by atoms with Crippen LogP contribution in [0.2, 0.25) is 0 Å². The number of carbonyl (C=O) groups excluding carboxylic acids is 2. The Bertz CT molecular complexity index is 606. The maximum Gasteiger partial charge on any atom is 0.488 e. The van der Waals surface area contributed by atoms with E-state index < -0.39 is 7.12 Å². The molecule has 20 heavy (non-hydrogen) atoms. The molecular formula is C15H13BO4. The molecule has 0 fully saturated rings. The number of Topliss-reactive ketones (excluding diaryl/α,β-unsaturated/α-hetero) is 2. The Morgan fingerprint density at radius 2 is 1.30 bits per heavy atom. The molecule has 2 rings (SSSR count). The lowest BCUT2D eigenvalue weighted by molar-refractivity contribution is 0.0894. The Morgan fingerprint density at radius 1 is 0.800 bits per heavy atom. The lowest BCUT2D eigenvalue weighted by atomic mass is 9.80. The van der Waals surface area contributed by atoms with E-state index >= 15 is 0 Å². The predicted octanol–water partition coefficient (Wildman–Crippen LogP) is 0.822. The average Bonchev–Trinajstić information content (AvgIpc) is 2.48. The van der Waals surface area contributed by atoms with Gasteiger partial charge in [-0.2, -0.15) is 0 Å². The highest BCUT2D eigenvalue weighted by Gasteiger charge is 2.15. The van der Waals surface area contributed by atoms with E-state index in [0.717, 1.165) is 0 Å². The van der Waals surface area contributed by atoms with E-state index in [0.29, 0.717) is 16.6 Å². The average molecular weight is 268 g/mol. The van der Waals surface area contributed by atoms with Crippen LogP contribution >= 0.6 is 0 Å². The zero-order chi connectivity index (χ0) is 14.5. The summed E-state index contributed by atoms with van der Waals surface area (Å²) in [5, 5.41) is 17.9. The van der Waals surface area contributed by atoms with Crippen molar-refractivity contribution in [3.8, 4) is 0 Å². The summed E-state index contributed by atoms with van der Waals surface area (Å²) in [6.45, 7) is 0. The molecule has 0 unspecified atom stereocenters. The highest BCUT2D eigenvalue weighted by atomic mass is 16.4. The number of carbonyl (C=O) groups is 2. The van der Waals surface area contributed by atoms with Gasteiger partial charge in [0.05, 0.1) is 6.42 Å². The maximum atomic E-state index is 12.0. The van der Waals surface area contributed by atoms with Crippen molar-refractivity contribution in [2.45, 2.75) is 6.42 Å².